The second kappa shape index (κ2) is 12.0. The lowest BCUT2D eigenvalue weighted by molar-refractivity contribution is -0.144. The number of carboxylic acid groups (broad SMARTS) is 1. The van der Waals surface area contributed by atoms with Crippen molar-refractivity contribution in [1.29, 1.82) is 0 Å². The lowest BCUT2D eigenvalue weighted by Gasteiger charge is -2.21. The van der Waals surface area contributed by atoms with Crippen molar-refractivity contribution in [2.45, 2.75) is 37.6 Å². The molecule has 0 spiro atoms. The zero-order valence-corrected chi connectivity index (χ0v) is 16.8. The number of nitrogens with one attached hydrogen (secondary N) is 3. The fourth-order valence-electron chi connectivity index (χ4n) is 2.32. The number of hydrogen-bond acceptors (Lipinski definition) is 7. The van der Waals surface area contributed by atoms with E-state index in [4.69, 9.17) is 10.8 Å². The first kappa shape index (κ1) is 24.4. The van der Waals surface area contributed by atoms with E-state index in [2.05, 4.69) is 28.6 Å². The van der Waals surface area contributed by atoms with E-state index >= 15 is 0 Å². The first-order chi connectivity index (χ1) is 13.6. The van der Waals surface area contributed by atoms with Crippen LogP contribution in [-0.2, 0) is 25.6 Å². The number of carbonyl (C=O) groups is 4. The van der Waals surface area contributed by atoms with Gasteiger partial charge in [-0.2, -0.15) is 12.6 Å². The van der Waals surface area contributed by atoms with Gasteiger partial charge in [-0.3, -0.25) is 14.4 Å². The van der Waals surface area contributed by atoms with Gasteiger partial charge in [0.15, 0.2) is 6.04 Å². The summed E-state index contributed by atoms with van der Waals surface area (Å²) in [4.78, 5) is 47.5. The first-order valence-electron chi connectivity index (χ1n) is 8.84. The van der Waals surface area contributed by atoms with Gasteiger partial charge in [0.2, 0.25) is 17.7 Å². The molecule has 0 saturated heterocycles. The van der Waals surface area contributed by atoms with Crippen molar-refractivity contribution in [2.75, 3.05) is 12.3 Å². The molecule has 11 heteroatoms. The van der Waals surface area contributed by atoms with Crippen LogP contribution in [0.5, 0.6) is 0 Å². The summed E-state index contributed by atoms with van der Waals surface area (Å²) in [7, 11) is 0. The molecule has 3 amide bonds. The monoisotopic (exact) mass is 426 g/mol. The maximum atomic E-state index is 12.5. The van der Waals surface area contributed by atoms with Crippen molar-refractivity contribution < 1.29 is 29.4 Å². The molecule has 0 fully saturated rings. The average molecular weight is 426 g/mol. The summed E-state index contributed by atoms with van der Waals surface area (Å²) in [6.45, 7) is 0.683. The van der Waals surface area contributed by atoms with Gasteiger partial charge in [0.1, 0.15) is 6.04 Å². The third kappa shape index (κ3) is 8.50. The van der Waals surface area contributed by atoms with E-state index in [0.717, 1.165) is 5.56 Å². The van der Waals surface area contributed by atoms with Crippen LogP contribution in [0.1, 0.15) is 12.5 Å². The Morgan fingerprint density at radius 3 is 2.24 bits per heavy atom. The smallest absolute Gasteiger partial charge is 0.328 e. The highest BCUT2D eigenvalue weighted by Gasteiger charge is 2.27. The molecule has 0 bridgehead atoms. The van der Waals surface area contributed by atoms with Crippen LogP contribution in [-0.4, -0.2) is 70.4 Å². The highest BCUT2D eigenvalue weighted by Crippen LogP contribution is 2.04. The quantitative estimate of drug-likeness (QED) is 0.201. The molecule has 0 saturated carbocycles. The van der Waals surface area contributed by atoms with Gasteiger partial charge in [0.05, 0.1) is 18.7 Å². The molecule has 0 radical (unpaired) electrons. The van der Waals surface area contributed by atoms with Crippen LogP contribution in [0.3, 0.4) is 0 Å². The number of carboxylic acids is 1. The molecular formula is C18H26N4O6S. The molecule has 1 rings (SSSR count). The Morgan fingerprint density at radius 2 is 1.72 bits per heavy atom. The van der Waals surface area contributed by atoms with Crippen LogP contribution < -0.4 is 21.7 Å². The zero-order valence-electron chi connectivity index (χ0n) is 15.9. The average Bonchev–Trinajstić information content (AvgIpc) is 2.69. The Bertz CT molecular complexity index is 716. The van der Waals surface area contributed by atoms with E-state index in [9.17, 15) is 24.3 Å². The van der Waals surface area contributed by atoms with E-state index in [1.54, 1.807) is 30.3 Å². The summed E-state index contributed by atoms with van der Waals surface area (Å²) in [5, 5.41) is 25.3. The maximum Gasteiger partial charge on any atom is 0.328 e. The van der Waals surface area contributed by atoms with Gasteiger partial charge in [-0.15, -0.1) is 0 Å². The molecule has 29 heavy (non-hydrogen) atoms. The number of rotatable bonds is 11. The number of amides is 3. The Balaban J connectivity index is 2.76. The van der Waals surface area contributed by atoms with E-state index < -0.39 is 54.5 Å². The van der Waals surface area contributed by atoms with Crippen LogP contribution in [0.15, 0.2) is 30.3 Å². The molecule has 0 aliphatic heterocycles. The Kier molecular flexibility index (Phi) is 10.1. The van der Waals surface area contributed by atoms with Crippen LogP contribution in [0.4, 0.5) is 0 Å². The van der Waals surface area contributed by atoms with Gasteiger partial charge in [0, 0.05) is 12.2 Å². The molecule has 4 atom stereocenters. The van der Waals surface area contributed by atoms with Gasteiger partial charge in [0.25, 0.3) is 0 Å². The highest BCUT2D eigenvalue weighted by molar-refractivity contribution is 7.80. The molecular weight excluding hydrogens is 400 g/mol. The Labute approximate surface area is 173 Å². The van der Waals surface area contributed by atoms with E-state index in [1.165, 1.54) is 6.92 Å². The lowest BCUT2D eigenvalue weighted by atomic mass is 10.0. The normalized spacial score (nSPS) is 14.8. The van der Waals surface area contributed by atoms with Crippen molar-refractivity contribution in [3.05, 3.63) is 35.9 Å². The first-order valence-corrected chi connectivity index (χ1v) is 9.47. The second-order valence-corrected chi connectivity index (χ2v) is 6.75. The van der Waals surface area contributed by atoms with Crippen molar-refractivity contribution in [1.82, 2.24) is 16.0 Å². The third-order valence-corrected chi connectivity index (χ3v) is 4.33. The molecule has 7 N–H and O–H groups in total. The summed E-state index contributed by atoms with van der Waals surface area (Å²) in [6, 6.07) is 5.50. The van der Waals surface area contributed by atoms with Gasteiger partial charge < -0.3 is 31.9 Å². The molecule has 10 nitrogen and oxygen atoms in total. The minimum Gasteiger partial charge on any atom is -0.480 e. The van der Waals surface area contributed by atoms with Crippen molar-refractivity contribution in [3.8, 4) is 0 Å². The van der Waals surface area contributed by atoms with Crippen LogP contribution >= 0.6 is 12.6 Å². The summed E-state index contributed by atoms with van der Waals surface area (Å²) < 4.78 is 0. The molecule has 4 unspecified atom stereocenters. The minimum atomic E-state index is -1.51. The van der Waals surface area contributed by atoms with Gasteiger partial charge in [-0.05, 0) is 12.5 Å². The predicted molar refractivity (Wildman–Crippen MR) is 108 cm³/mol. The number of aliphatic carboxylic acids is 1. The third-order valence-electron chi connectivity index (χ3n) is 3.94. The zero-order chi connectivity index (χ0) is 22.0. The fraction of sp³-hybridized carbons (Fsp3) is 0.444. The topological polar surface area (TPSA) is 171 Å². The summed E-state index contributed by atoms with van der Waals surface area (Å²) in [5.41, 5.74) is 6.40. The van der Waals surface area contributed by atoms with Gasteiger partial charge >= 0.3 is 5.97 Å². The van der Waals surface area contributed by atoms with E-state index in [-0.39, 0.29) is 12.2 Å². The van der Waals surface area contributed by atoms with E-state index in [0.29, 0.717) is 0 Å². The van der Waals surface area contributed by atoms with Crippen molar-refractivity contribution in [3.63, 3.8) is 0 Å². The maximum absolute atomic E-state index is 12.5. The molecule has 0 heterocycles. The van der Waals surface area contributed by atoms with E-state index in [1.807, 2.05) is 0 Å². The summed E-state index contributed by atoms with van der Waals surface area (Å²) in [5.74, 6) is -3.34. The van der Waals surface area contributed by atoms with Crippen LogP contribution in [0.25, 0.3) is 0 Å². The van der Waals surface area contributed by atoms with Crippen LogP contribution in [0, 0.1) is 0 Å². The number of thiol groups is 1. The van der Waals surface area contributed by atoms with Gasteiger partial charge in [-0.1, -0.05) is 30.3 Å². The predicted octanol–water partition coefficient (Wildman–Crippen LogP) is -1.96. The fourth-order valence-corrected chi connectivity index (χ4v) is 2.49. The Hall–Kier alpha value is -2.63. The standard InChI is InChI=1S/C18H26N4O6S/c1-10(23)15(18(27)28)22-14(24)8-20-17(26)13(21-16(25)12(19)9-29)7-11-5-3-2-4-6-11/h2-6,10,12-13,15,23,29H,7-9,19H2,1H3,(H,20,26)(H,21,25)(H,22,24)(H,27,28). The number of carbonyl (C=O) groups excluding carboxylic acids is 3. The molecule has 0 aliphatic carbocycles. The molecule has 1 aromatic rings. The second-order valence-electron chi connectivity index (χ2n) is 6.38. The largest absolute Gasteiger partial charge is 0.480 e. The molecule has 0 aromatic heterocycles. The number of benzene rings is 1. The number of nitrogens with two attached hydrogens (primary N) is 1. The lowest BCUT2D eigenvalue weighted by Crippen LogP contribution is -2.55. The molecule has 0 aliphatic rings. The molecule has 1 aromatic carbocycles. The number of aliphatic hydroxyl groups excluding tert-OH is 1. The summed E-state index contributed by atoms with van der Waals surface area (Å²) in [6.07, 6.45) is -1.16. The van der Waals surface area contributed by atoms with Crippen LogP contribution in [0.2, 0.25) is 0 Å². The SMILES string of the molecule is CC(O)C(NC(=O)CNC(=O)C(Cc1ccccc1)NC(=O)C(N)CS)C(=O)O. The minimum absolute atomic E-state index is 0.0871. The Morgan fingerprint density at radius 1 is 1.10 bits per heavy atom. The summed E-state index contributed by atoms with van der Waals surface area (Å²) >= 11 is 3.95. The molecule has 160 valence electrons. The highest BCUT2D eigenvalue weighted by atomic mass is 32.1. The number of hydrogen-bond donors (Lipinski definition) is 7. The van der Waals surface area contributed by atoms with Crippen molar-refractivity contribution >= 4 is 36.3 Å². The number of aliphatic hydroxyl groups is 1. The van der Waals surface area contributed by atoms with Gasteiger partial charge in [-0.25, -0.2) is 4.79 Å². The van der Waals surface area contributed by atoms with Crippen molar-refractivity contribution in [2.24, 2.45) is 5.73 Å².